The monoisotopic (exact) mass is 262 g/mol. The largest absolute Gasteiger partial charge is 0.381 e. The van der Waals surface area contributed by atoms with Crippen molar-refractivity contribution in [2.24, 2.45) is 13.0 Å². The lowest BCUT2D eigenvalue weighted by atomic mass is 10.0. The van der Waals surface area contributed by atoms with Crippen molar-refractivity contribution in [1.82, 2.24) is 19.3 Å². The van der Waals surface area contributed by atoms with Crippen LogP contribution < -0.4 is 5.56 Å². The fourth-order valence-corrected chi connectivity index (χ4v) is 2.26. The van der Waals surface area contributed by atoms with Crippen LogP contribution in [0.4, 0.5) is 0 Å². The van der Waals surface area contributed by atoms with Crippen LogP contribution in [0.5, 0.6) is 0 Å². The number of ketones is 1. The Morgan fingerprint density at radius 1 is 1.58 bits per heavy atom. The molecule has 100 valence electrons. The molecule has 1 saturated heterocycles. The highest BCUT2D eigenvalue weighted by molar-refractivity contribution is 5.81. The Morgan fingerprint density at radius 3 is 3.16 bits per heavy atom. The van der Waals surface area contributed by atoms with Crippen molar-refractivity contribution in [1.29, 1.82) is 0 Å². The average molecular weight is 262 g/mol. The summed E-state index contributed by atoms with van der Waals surface area (Å²) in [5, 5.41) is 4.42. The van der Waals surface area contributed by atoms with Gasteiger partial charge in [0.05, 0.1) is 19.3 Å². The molecule has 2 aromatic heterocycles. The van der Waals surface area contributed by atoms with Crippen LogP contribution in [0.25, 0.3) is 11.0 Å². The molecule has 0 bridgehead atoms. The number of ether oxygens (including phenoxy) is 1. The summed E-state index contributed by atoms with van der Waals surface area (Å²) in [5.41, 5.74) is 0.295. The van der Waals surface area contributed by atoms with Crippen molar-refractivity contribution < 1.29 is 9.53 Å². The molecule has 1 atom stereocenters. The lowest BCUT2D eigenvalue weighted by Crippen LogP contribution is -2.28. The van der Waals surface area contributed by atoms with Gasteiger partial charge in [-0.3, -0.25) is 18.8 Å². The maximum absolute atomic E-state index is 12.2. The predicted molar refractivity (Wildman–Crippen MR) is 66.7 cm³/mol. The maximum atomic E-state index is 12.2. The van der Waals surface area contributed by atoms with Gasteiger partial charge in [-0.1, -0.05) is 0 Å². The first-order valence-electron chi connectivity index (χ1n) is 6.14. The standard InChI is InChI=1S/C12H14N4O3/c1-15-11-9(4-14-15)12(18)16(7-13-11)5-10(17)8-2-3-19-6-8/h4,7-8H,2-3,5-6H2,1H3. The van der Waals surface area contributed by atoms with E-state index in [2.05, 4.69) is 10.1 Å². The van der Waals surface area contributed by atoms with Crippen molar-refractivity contribution in [2.45, 2.75) is 13.0 Å². The summed E-state index contributed by atoms with van der Waals surface area (Å²) in [6.45, 7) is 1.12. The number of fused-ring (bicyclic) bond motifs is 1. The molecule has 0 aromatic carbocycles. The van der Waals surface area contributed by atoms with Crippen molar-refractivity contribution in [3.05, 3.63) is 22.9 Å². The zero-order valence-corrected chi connectivity index (χ0v) is 10.6. The average Bonchev–Trinajstić information content (AvgIpc) is 3.03. The van der Waals surface area contributed by atoms with E-state index in [1.165, 1.54) is 21.8 Å². The molecular weight excluding hydrogens is 248 g/mol. The predicted octanol–water partition coefficient (Wildman–Crippen LogP) is -0.264. The molecule has 0 N–H and O–H groups in total. The van der Waals surface area contributed by atoms with Crippen LogP contribution in [-0.2, 0) is 23.1 Å². The number of Topliss-reactive ketones (excluding diaryl/α,β-unsaturated/α-hetero) is 1. The second kappa shape index (κ2) is 4.58. The van der Waals surface area contributed by atoms with Gasteiger partial charge in [0.25, 0.3) is 5.56 Å². The van der Waals surface area contributed by atoms with Gasteiger partial charge in [-0.2, -0.15) is 5.10 Å². The number of rotatable bonds is 3. The molecule has 0 amide bonds. The molecule has 0 saturated carbocycles. The zero-order valence-electron chi connectivity index (χ0n) is 10.6. The van der Waals surface area contributed by atoms with Crippen LogP contribution in [0, 0.1) is 5.92 Å². The Kier molecular flexibility index (Phi) is 2.90. The summed E-state index contributed by atoms with van der Waals surface area (Å²) in [4.78, 5) is 28.4. The molecule has 7 heteroatoms. The van der Waals surface area contributed by atoms with Crippen LogP contribution >= 0.6 is 0 Å². The van der Waals surface area contributed by atoms with E-state index in [9.17, 15) is 9.59 Å². The van der Waals surface area contributed by atoms with Crippen molar-refractivity contribution in [2.75, 3.05) is 13.2 Å². The molecular formula is C12H14N4O3. The summed E-state index contributed by atoms with van der Waals surface area (Å²) in [5.74, 6) is -0.0823. The van der Waals surface area contributed by atoms with Crippen molar-refractivity contribution in [3.63, 3.8) is 0 Å². The third-order valence-corrected chi connectivity index (χ3v) is 3.43. The molecule has 1 aliphatic rings. The van der Waals surface area contributed by atoms with E-state index >= 15 is 0 Å². The van der Waals surface area contributed by atoms with Crippen molar-refractivity contribution >= 4 is 16.8 Å². The Hall–Kier alpha value is -2.02. The third kappa shape index (κ3) is 2.06. The lowest BCUT2D eigenvalue weighted by Gasteiger charge is -2.08. The van der Waals surface area contributed by atoms with E-state index in [0.717, 1.165) is 6.42 Å². The minimum atomic E-state index is -0.231. The summed E-state index contributed by atoms with van der Waals surface area (Å²) < 4.78 is 8.06. The number of carbonyl (C=O) groups excluding carboxylic acids is 1. The minimum absolute atomic E-state index is 0.0182. The van der Waals surface area contributed by atoms with Gasteiger partial charge in [-0.25, -0.2) is 4.98 Å². The number of nitrogens with zero attached hydrogens (tertiary/aromatic N) is 4. The summed E-state index contributed by atoms with van der Waals surface area (Å²) >= 11 is 0. The third-order valence-electron chi connectivity index (χ3n) is 3.43. The number of hydrogen-bond acceptors (Lipinski definition) is 5. The molecule has 0 aliphatic carbocycles. The Labute approximate surface area is 108 Å². The highest BCUT2D eigenvalue weighted by Gasteiger charge is 2.24. The van der Waals surface area contributed by atoms with Gasteiger partial charge in [0.15, 0.2) is 11.4 Å². The highest BCUT2D eigenvalue weighted by Crippen LogP contribution is 2.14. The first-order valence-corrected chi connectivity index (χ1v) is 6.14. The van der Waals surface area contributed by atoms with Gasteiger partial charge < -0.3 is 4.74 Å². The highest BCUT2D eigenvalue weighted by atomic mass is 16.5. The summed E-state index contributed by atoms with van der Waals surface area (Å²) in [6.07, 6.45) is 3.61. The van der Waals surface area contributed by atoms with Gasteiger partial charge in [0.2, 0.25) is 0 Å². The molecule has 0 spiro atoms. The smallest absolute Gasteiger partial charge is 0.264 e. The first kappa shape index (κ1) is 12.0. The summed E-state index contributed by atoms with van der Waals surface area (Å²) in [6, 6.07) is 0. The number of aryl methyl sites for hydroxylation is 1. The second-order valence-electron chi connectivity index (χ2n) is 4.71. The van der Waals surface area contributed by atoms with E-state index in [1.54, 1.807) is 7.05 Å². The first-order chi connectivity index (χ1) is 9.16. The molecule has 7 nitrogen and oxygen atoms in total. The van der Waals surface area contributed by atoms with Gasteiger partial charge in [-0.15, -0.1) is 0 Å². The second-order valence-corrected chi connectivity index (χ2v) is 4.71. The van der Waals surface area contributed by atoms with Gasteiger partial charge in [-0.05, 0) is 6.42 Å². The molecule has 0 radical (unpaired) electrons. The summed E-state index contributed by atoms with van der Waals surface area (Å²) in [7, 11) is 1.72. The van der Waals surface area contributed by atoms with Crippen LogP contribution in [0.3, 0.4) is 0 Å². The fourth-order valence-electron chi connectivity index (χ4n) is 2.26. The van der Waals surface area contributed by atoms with Crippen LogP contribution in [0.1, 0.15) is 6.42 Å². The van der Waals surface area contributed by atoms with Crippen LogP contribution in [-0.4, -0.2) is 38.3 Å². The number of hydrogen-bond donors (Lipinski definition) is 0. The Morgan fingerprint density at radius 2 is 2.42 bits per heavy atom. The Bertz CT molecular complexity index is 682. The van der Waals surface area contributed by atoms with E-state index in [4.69, 9.17) is 4.74 Å². The topological polar surface area (TPSA) is 79.0 Å². The zero-order chi connectivity index (χ0) is 13.4. The maximum Gasteiger partial charge on any atom is 0.264 e. The molecule has 1 aliphatic heterocycles. The molecule has 2 aromatic rings. The van der Waals surface area contributed by atoms with E-state index in [0.29, 0.717) is 24.2 Å². The van der Waals surface area contributed by atoms with E-state index in [1.807, 2.05) is 0 Å². The molecule has 3 rings (SSSR count). The normalized spacial score (nSPS) is 19.1. The molecule has 3 heterocycles. The minimum Gasteiger partial charge on any atom is -0.381 e. The fraction of sp³-hybridized carbons (Fsp3) is 0.500. The van der Waals surface area contributed by atoms with Crippen LogP contribution in [0.15, 0.2) is 17.3 Å². The molecule has 1 fully saturated rings. The number of aromatic nitrogens is 4. The number of carbonyl (C=O) groups is 1. The Balaban J connectivity index is 1.90. The SMILES string of the molecule is Cn1ncc2c(=O)n(CC(=O)C3CCOC3)cnc21. The van der Waals surface area contributed by atoms with Gasteiger partial charge in [0.1, 0.15) is 11.7 Å². The van der Waals surface area contributed by atoms with Crippen LogP contribution in [0.2, 0.25) is 0 Å². The molecule has 19 heavy (non-hydrogen) atoms. The van der Waals surface area contributed by atoms with Crippen molar-refractivity contribution in [3.8, 4) is 0 Å². The molecule has 1 unspecified atom stereocenters. The lowest BCUT2D eigenvalue weighted by molar-refractivity contribution is -0.123. The van der Waals surface area contributed by atoms with Gasteiger partial charge >= 0.3 is 0 Å². The van der Waals surface area contributed by atoms with E-state index < -0.39 is 0 Å². The van der Waals surface area contributed by atoms with Gasteiger partial charge in [0, 0.05) is 19.6 Å². The van der Waals surface area contributed by atoms with E-state index in [-0.39, 0.29) is 23.8 Å². The quantitative estimate of drug-likeness (QED) is 0.761.